The number of para-hydroxylation sites is 1. The quantitative estimate of drug-likeness (QED) is 0.325. The SMILES string of the molecule is CCOC(=O)CC(C(=O)OCC)C(CSc1nc2ccccc2s1)C(=O)OC. The van der Waals surface area contributed by atoms with E-state index in [1.54, 1.807) is 13.8 Å². The highest BCUT2D eigenvalue weighted by Gasteiger charge is 2.38. The number of benzene rings is 1. The zero-order chi connectivity index (χ0) is 20.5. The van der Waals surface area contributed by atoms with Gasteiger partial charge in [0.25, 0.3) is 0 Å². The Bertz CT molecular complexity index is 789. The van der Waals surface area contributed by atoms with E-state index in [4.69, 9.17) is 14.2 Å². The fourth-order valence-corrected chi connectivity index (χ4v) is 4.87. The molecule has 2 unspecified atom stereocenters. The highest BCUT2D eigenvalue weighted by Crippen LogP contribution is 2.33. The summed E-state index contributed by atoms with van der Waals surface area (Å²) >= 11 is 2.85. The van der Waals surface area contributed by atoms with Crippen LogP contribution in [0.2, 0.25) is 0 Å². The minimum atomic E-state index is -0.978. The first-order chi connectivity index (χ1) is 13.5. The lowest BCUT2D eigenvalue weighted by Gasteiger charge is -2.22. The Balaban J connectivity index is 2.19. The molecule has 2 atom stereocenters. The van der Waals surface area contributed by atoms with Crippen molar-refractivity contribution in [3.05, 3.63) is 24.3 Å². The van der Waals surface area contributed by atoms with E-state index in [2.05, 4.69) is 4.98 Å². The Hall–Kier alpha value is -2.13. The van der Waals surface area contributed by atoms with E-state index in [-0.39, 0.29) is 25.4 Å². The Labute approximate surface area is 171 Å². The van der Waals surface area contributed by atoms with Crippen LogP contribution >= 0.6 is 23.1 Å². The lowest BCUT2D eigenvalue weighted by molar-refractivity contribution is -0.162. The Kier molecular flexibility index (Phi) is 8.72. The van der Waals surface area contributed by atoms with Crippen molar-refractivity contribution in [3.8, 4) is 0 Å². The Morgan fingerprint density at radius 2 is 1.79 bits per heavy atom. The smallest absolute Gasteiger partial charge is 0.310 e. The highest BCUT2D eigenvalue weighted by molar-refractivity contribution is 8.01. The van der Waals surface area contributed by atoms with Crippen LogP contribution in [0.25, 0.3) is 10.2 Å². The van der Waals surface area contributed by atoms with Gasteiger partial charge in [0.1, 0.15) is 0 Å². The molecule has 7 nitrogen and oxygen atoms in total. The number of ether oxygens (including phenoxy) is 3. The number of esters is 3. The van der Waals surface area contributed by atoms with Crippen LogP contribution in [0, 0.1) is 11.8 Å². The Morgan fingerprint density at radius 3 is 2.43 bits per heavy atom. The molecule has 0 radical (unpaired) electrons. The summed E-state index contributed by atoms with van der Waals surface area (Å²) in [4.78, 5) is 41.3. The normalized spacial score (nSPS) is 13.0. The van der Waals surface area contributed by atoms with Gasteiger partial charge in [-0.05, 0) is 26.0 Å². The molecule has 0 aliphatic rings. The summed E-state index contributed by atoms with van der Waals surface area (Å²) in [6.07, 6.45) is -0.243. The summed E-state index contributed by atoms with van der Waals surface area (Å²) in [6, 6.07) is 7.72. The summed E-state index contributed by atoms with van der Waals surface area (Å²) < 4.78 is 16.7. The standard InChI is InChI=1S/C19H23NO6S2/c1-4-25-16(21)10-12(18(23)26-5-2)13(17(22)24-3)11-27-19-20-14-8-6-7-9-15(14)28-19/h6-9,12-13H,4-5,10-11H2,1-3H3. The second-order valence-electron chi connectivity index (χ2n) is 5.76. The molecule has 0 saturated heterocycles. The topological polar surface area (TPSA) is 91.8 Å². The van der Waals surface area contributed by atoms with E-state index in [9.17, 15) is 14.4 Å². The maximum atomic E-state index is 12.4. The van der Waals surface area contributed by atoms with Crippen LogP contribution in [0.3, 0.4) is 0 Å². The number of carbonyl (C=O) groups excluding carboxylic acids is 3. The maximum absolute atomic E-state index is 12.4. The first-order valence-corrected chi connectivity index (χ1v) is 10.7. The summed E-state index contributed by atoms with van der Waals surface area (Å²) in [7, 11) is 1.25. The lowest BCUT2D eigenvalue weighted by atomic mass is 9.90. The minimum absolute atomic E-state index is 0.150. The molecular weight excluding hydrogens is 402 g/mol. The molecule has 0 amide bonds. The molecule has 152 valence electrons. The molecule has 0 aliphatic heterocycles. The Morgan fingerprint density at radius 1 is 1.07 bits per heavy atom. The summed E-state index contributed by atoms with van der Waals surface area (Å²) in [5, 5.41) is 0. The number of nitrogens with zero attached hydrogens (tertiary/aromatic N) is 1. The number of thioether (sulfide) groups is 1. The first kappa shape index (κ1) is 22.2. The number of rotatable bonds is 10. The predicted octanol–water partition coefficient (Wildman–Crippen LogP) is 3.31. The van der Waals surface area contributed by atoms with Crippen LogP contribution in [-0.4, -0.2) is 49.0 Å². The summed E-state index contributed by atoms with van der Waals surface area (Å²) in [5.74, 6) is -3.35. The van der Waals surface area contributed by atoms with Gasteiger partial charge < -0.3 is 14.2 Å². The van der Waals surface area contributed by atoms with Gasteiger partial charge in [-0.2, -0.15) is 0 Å². The molecule has 1 aromatic carbocycles. The van der Waals surface area contributed by atoms with Gasteiger partial charge in [0, 0.05) is 5.75 Å². The molecular formula is C19H23NO6S2. The third kappa shape index (κ3) is 5.93. The van der Waals surface area contributed by atoms with Crippen LogP contribution in [0.15, 0.2) is 28.6 Å². The molecule has 0 N–H and O–H groups in total. The number of aromatic nitrogens is 1. The number of hydrogen-bond acceptors (Lipinski definition) is 9. The van der Waals surface area contributed by atoms with Crippen molar-refractivity contribution in [2.45, 2.75) is 24.6 Å². The number of methoxy groups -OCH3 is 1. The molecule has 2 aromatic rings. The van der Waals surface area contributed by atoms with Gasteiger partial charge in [-0.25, -0.2) is 4.98 Å². The third-order valence-corrected chi connectivity index (χ3v) is 6.23. The lowest BCUT2D eigenvalue weighted by Crippen LogP contribution is -2.35. The monoisotopic (exact) mass is 425 g/mol. The van der Waals surface area contributed by atoms with Crippen molar-refractivity contribution in [1.29, 1.82) is 0 Å². The van der Waals surface area contributed by atoms with E-state index in [1.807, 2.05) is 24.3 Å². The number of thiazole rings is 1. The molecule has 0 fully saturated rings. The van der Waals surface area contributed by atoms with Crippen LogP contribution < -0.4 is 0 Å². The molecule has 0 saturated carbocycles. The van der Waals surface area contributed by atoms with Crippen LogP contribution in [0.1, 0.15) is 20.3 Å². The van der Waals surface area contributed by atoms with Gasteiger partial charge in [-0.15, -0.1) is 11.3 Å². The maximum Gasteiger partial charge on any atom is 0.310 e. The number of carbonyl (C=O) groups is 3. The van der Waals surface area contributed by atoms with Gasteiger partial charge in [-0.3, -0.25) is 14.4 Å². The van der Waals surface area contributed by atoms with Crippen molar-refractivity contribution in [2.24, 2.45) is 11.8 Å². The first-order valence-electron chi connectivity index (χ1n) is 8.88. The zero-order valence-corrected chi connectivity index (χ0v) is 17.6. The predicted molar refractivity (Wildman–Crippen MR) is 107 cm³/mol. The second-order valence-corrected chi connectivity index (χ2v) is 8.05. The van der Waals surface area contributed by atoms with Crippen molar-refractivity contribution in [3.63, 3.8) is 0 Å². The van der Waals surface area contributed by atoms with E-state index < -0.39 is 29.7 Å². The molecule has 0 bridgehead atoms. The fourth-order valence-electron chi connectivity index (χ4n) is 2.61. The fraction of sp³-hybridized carbons (Fsp3) is 0.474. The van der Waals surface area contributed by atoms with Gasteiger partial charge in [0.2, 0.25) is 0 Å². The molecule has 1 aromatic heterocycles. The highest BCUT2D eigenvalue weighted by atomic mass is 32.2. The molecule has 28 heavy (non-hydrogen) atoms. The van der Waals surface area contributed by atoms with E-state index in [1.165, 1.54) is 30.2 Å². The molecule has 0 spiro atoms. The second kappa shape index (κ2) is 11.0. The van der Waals surface area contributed by atoms with E-state index >= 15 is 0 Å². The third-order valence-electron chi connectivity index (χ3n) is 3.93. The largest absolute Gasteiger partial charge is 0.469 e. The molecule has 0 aliphatic carbocycles. The zero-order valence-electron chi connectivity index (χ0n) is 16.0. The van der Waals surface area contributed by atoms with Crippen LogP contribution in [0.4, 0.5) is 0 Å². The average Bonchev–Trinajstić information content (AvgIpc) is 3.10. The van der Waals surface area contributed by atoms with Crippen molar-refractivity contribution in [2.75, 3.05) is 26.1 Å². The molecule has 1 heterocycles. The summed E-state index contributed by atoms with van der Waals surface area (Å²) in [5.41, 5.74) is 0.873. The van der Waals surface area contributed by atoms with Crippen molar-refractivity contribution in [1.82, 2.24) is 4.98 Å². The van der Waals surface area contributed by atoms with Crippen molar-refractivity contribution < 1.29 is 28.6 Å². The number of fused-ring (bicyclic) bond motifs is 1. The van der Waals surface area contributed by atoms with Gasteiger partial charge in [-0.1, -0.05) is 23.9 Å². The van der Waals surface area contributed by atoms with Gasteiger partial charge in [0.15, 0.2) is 4.34 Å². The van der Waals surface area contributed by atoms with Crippen molar-refractivity contribution >= 4 is 51.2 Å². The van der Waals surface area contributed by atoms with E-state index in [0.717, 1.165) is 14.6 Å². The van der Waals surface area contributed by atoms with Gasteiger partial charge in [0.05, 0.1) is 48.8 Å². The van der Waals surface area contributed by atoms with E-state index in [0.29, 0.717) is 0 Å². The van der Waals surface area contributed by atoms with Crippen LogP contribution in [-0.2, 0) is 28.6 Å². The average molecular weight is 426 g/mol. The number of hydrogen-bond donors (Lipinski definition) is 0. The van der Waals surface area contributed by atoms with Gasteiger partial charge >= 0.3 is 17.9 Å². The summed E-state index contributed by atoms with van der Waals surface area (Å²) in [6.45, 7) is 3.69. The molecule has 9 heteroatoms. The van der Waals surface area contributed by atoms with Crippen LogP contribution in [0.5, 0.6) is 0 Å². The minimum Gasteiger partial charge on any atom is -0.469 e. The molecule has 2 rings (SSSR count).